The number of fused-ring (bicyclic) bond motifs is 1. The van der Waals surface area contributed by atoms with Gasteiger partial charge in [0.2, 0.25) is 0 Å². The first-order chi connectivity index (χ1) is 10.2. The van der Waals surface area contributed by atoms with E-state index in [1.165, 1.54) is 0 Å². The van der Waals surface area contributed by atoms with E-state index in [0.717, 1.165) is 48.2 Å². The predicted molar refractivity (Wildman–Crippen MR) is 85.6 cm³/mol. The van der Waals surface area contributed by atoms with Crippen LogP contribution in [0, 0.1) is 5.92 Å². The maximum atomic E-state index is 12.9. The van der Waals surface area contributed by atoms with Crippen molar-refractivity contribution in [2.45, 2.75) is 19.8 Å². The van der Waals surface area contributed by atoms with Crippen molar-refractivity contribution in [1.29, 1.82) is 0 Å². The molecule has 2 aromatic rings. The van der Waals surface area contributed by atoms with Gasteiger partial charge in [0.25, 0.3) is 5.91 Å². The monoisotopic (exact) mass is 283 g/mol. The third kappa shape index (κ3) is 2.58. The lowest BCUT2D eigenvalue weighted by molar-refractivity contribution is 0.0789. The molecule has 0 saturated carbocycles. The molecule has 1 atom stereocenters. The van der Waals surface area contributed by atoms with E-state index in [1.807, 2.05) is 42.3 Å². The lowest BCUT2D eigenvalue weighted by Gasteiger charge is -2.18. The summed E-state index contributed by atoms with van der Waals surface area (Å²) in [5.74, 6) is 1.51. The van der Waals surface area contributed by atoms with Crippen LogP contribution in [0.5, 0.6) is 0 Å². The molecule has 1 unspecified atom stereocenters. The molecular formula is C17H21N3O. The van der Waals surface area contributed by atoms with E-state index in [2.05, 4.69) is 17.2 Å². The number of nitrogens with zero attached hydrogens (tertiary/aromatic N) is 2. The highest BCUT2D eigenvalue weighted by atomic mass is 16.2. The Kier molecular flexibility index (Phi) is 3.78. The highest BCUT2D eigenvalue weighted by Crippen LogP contribution is 2.26. The predicted octanol–water partition coefficient (Wildman–Crippen LogP) is 3.15. The van der Waals surface area contributed by atoms with Gasteiger partial charge in [-0.15, -0.1) is 0 Å². The van der Waals surface area contributed by atoms with Crippen molar-refractivity contribution in [3.05, 3.63) is 35.9 Å². The molecule has 1 saturated heterocycles. The van der Waals surface area contributed by atoms with E-state index >= 15 is 0 Å². The van der Waals surface area contributed by atoms with Gasteiger partial charge in [0, 0.05) is 25.5 Å². The van der Waals surface area contributed by atoms with E-state index in [-0.39, 0.29) is 5.91 Å². The number of aromatic nitrogens is 1. The summed E-state index contributed by atoms with van der Waals surface area (Å²) in [6.07, 6.45) is 2.26. The molecule has 0 radical (unpaired) electrons. The highest BCUT2D eigenvalue weighted by Gasteiger charge is 2.27. The fourth-order valence-corrected chi connectivity index (χ4v) is 3.00. The minimum absolute atomic E-state index is 0.126. The SMILES string of the molecule is CCC1CCN(C(=O)c2cc(NC)nc3ccccc23)C1. The number of likely N-dealkylation sites (tertiary alicyclic amines) is 1. The lowest BCUT2D eigenvalue weighted by Crippen LogP contribution is -2.29. The summed E-state index contributed by atoms with van der Waals surface area (Å²) in [5, 5.41) is 3.97. The summed E-state index contributed by atoms with van der Waals surface area (Å²) in [5.41, 5.74) is 1.61. The van der Waals surface area contributed by atoms with Crippen LogP contribution < -0.4 is 5.32 Å². The molecule has 1 amide bonds. The molecule has 4 heteroatoms. The number of hydrogen-bond acceptors (Lipinski definition) is 3. The lowest BCUT2D eigenvalue weighted by atomic mass is 10.1. The fourth-order valence-electron chi connectivity index (χ4n) is 3.00. The van der Waals surface area contributed by atoms with Crippen molar-refractivity contribution in [2.75, 3.05) is 25.5 Å². The summed E-state index contributed by atoms with van der Waals surface area (Å²) in [6.45, 7) is 3.93. The van der Waals surface area contributed by atoms with Crippen LogP contribution in [0.1, 0.15) is 30.1 Å². The number of hydrogen-bond donors (Lipinski definition) is 1. The Balaban J connectivity index is 2.01. The number of para-hydroxylation sites is 1. The van der Waals surface area contributed by atoms with E-state index in [4.69, 9.17) is 0 Å². The number of amides is 1. The van der Waals surface area contributed by atoms with Crippen LogP contribution in [0.3, 0.4) is 0 Å². The average molecular weight is 283 g/mol. The van der Waals surface area contributed by atoms with Gasteiger partial charge >= 0.3 is 0 Å². The normalized spacial score (nSPS) is 18.2. The Bertz CT molecular complexity index is 668. The second kappa shape index (κ2) is 5.72. The molecule has 0 aliphatic carbocycles. The number of carbonyl (C=O) groups excluding carboxylic acids is 1. The molecule has 1 aliphatic rings. The molecule has 1 N–H and O–H groups in total. The number of rotatable bonds is 3. The molecule has 0 bridgehead atoms. The molecule has 110 valence electrons. The maximum Gasteiger partial charge on any atom is 0.254 e. The van der Waals surface area contributed by atoms with E-state index < -0.39 is 0 Å². The van der Waals surface area contributed by atoms with Crippen molar-refractivity contribution >= 4 is 22.6 Å². The number of carbonyl (C=O) groups is 1. The van der Waals surface area contributed by atoms with E-state index in [0.29, 0.717) is 5.92 Å². The smallest absolute Gasteiger partial charge is 0.254 e. The van der Waals surface area contributed by atoms with Crippen LogP contribution in [-0.4, -0.2) is 35.9 Å². The van der Waals surface area contributed by atoms with E-state index in [9.17, 15) is 4.79 Å². The Labute approximate surface area is 125 Å². The van der Waals surface area contributed by atoms with Crippen LogP contribution in [0.4, 0.5) is 5.82 Å². The van der Waals surface area contributed by atoms with Crippen molar-refractivity contribution in [1.82, 2.24) is 9.88 Å². The fraction of sp³-hybridized carbons (Fsp3) is 0.412. The van der Waals surface area contributed by atoms with Gasteiger partial charge in [0.15, 0.2) is 0 Å². The Morgan fingerprint density at radius 2 is 2.24 bits per heavy atom. The molecule has 1 aromatic carbocycles. The molecule has 1 fully saturated rings. The maximum absolute atomic E-state index is 12.9. The van der Waals surface area contributed by atoms with Gasteiger partial charge in [0.1, 0.15) is 5.82 Å². The van der Waals surface area contributed by atoms with Crippen molar-refractivity contribution in [2.24, 2.45) is 5.92 Å². The zero-order chi connectivity index (χ0) is 14.8. The number of anilines is 1. The van der Waals surface area contributed by atoms with Gasteiger partial charge in [-0.05, 0) is 24.5 Å². The Morgan fingerprint density at radius 1 is 1.43 bits per heavy atom. The minimum Gasteiger partial charge on any atom is -0.373 e. The molecule has 21 heavy (non-hydrogen) atoms. The van der Waals surface area contributed by atoms with Crippen LogP contribution in [-0.2, 0) is 0 Å². The molecule has 4 nitrogen and oxygen atoms in total. The number of benzene rings is 1. The van der Waals surface area contributed by atoms with Gasteiger partial charge in [-0.1, -0.05) is 31.5 Å². The average Bonchev–Trinajstić information content (AvgIpc) is 3.02. The quantitative estimate of drug-likeness (QED) is 0.941. The standard InChI is InChI=1S/C17H21N3O/c1-3-12-8-9-20(11-12)17(21)14-10-16(18-2)19-15-7-5-4-6-13(14)15/h4-7,10,12H,3,8-9,11H2,1-2H3,(H,18,19). The van der Waals surface area contributed by atoms with Crippen molar-refractivity contribution in [3.8, 4) is 0 Å². The topological polar surface area (TPSA) is 45.2 Å². The van der Waals surface area contributed by atoms with Crippen LogP contribution in [0.25, 0.3) is 10.9 Å². The molecule has 1 aromatic heterocycles. The minimum atomic E-state index is 0.126. The largest absolute Gasteiger partial charge is 0.373 e. The number of pyridine rings is 1. The summed E-state index contributed by atoms with van der Waals surface area (Å²) in [4.78, 5) is 19.4. The van der Waals surface area contributed by atoms with Crippen molar-refractivity contribution < 1.29 is 4.79 Å². The summed E-state index contributed by atoms with van der Waals surface area (Å²) >= 11 is 0. The van der Waals surface area contributed by atoms with Gasteiger partial charge in [-0.3, -0.25) is 4.79 Å². The van der Waals surface area contributed by atoms with Gasteiger partial charge in [0.05, 0.1) is 11.1 Å². The zero-order valence-corrected chi connectivity index (χ0v) is 12.6. The second-order valence-corrected chi connectivity index (χ2v) is 5.64. The summed E-state index contributed by atoms with van der Waals surface area (Å²) < 4.78 is 0. The van der Waals surface area contributed by atoms with Crippen molar-refractivity contribution in [3.63, 3.8) is 0 Å². The third-order valence-corrected chi connectivity index (χ3v) is 4.35. The third-order valence-electron chi connectivity index (χ3n) is 4.35. The van der Waals surface area contributed by atoms with Gasteiger partial charge in [-0.25, -0.2) is 4.98 Å². The van der Waals surface area contributed by atoms with Gasteiger partial charge in [-0.2, -0.15) is 0 Å². The van der Waals surface area contributed by atoms with Crippen LogP contribution in [0.2, 0.25) is 0 Å². The molecule has 3 rings (SSSR count). The molecule has 1 aliphatic heterocycles. The molecule has 0 spiro atoms. The highest BCUT2D eigenvalue weighted by molar-refractivity contribution is 6.07. The number of nitrogens with one attached hydrogen (secondary N) is 1. The Morgan fingerprint density at radius 3 is 2.95 bits per heavy atom. The van der Waals surface area contributed by atoms with E-state index in [1.54, 1.807) is 0 Å². The summed E-state index contributed by atoms with van der Waals surface area (Å²) in [6, 6.07) is 9.70. The Hall–Kier alpha value is -2.10. The molecular weight excluding hydrogens is 262 g/mol. The van der Waals surface area contributed by atoms with Crippen LogP contribution in [0.15, 0.2) is 30.3 Å². The first kappa shape index (κ1) is 13.9. The molecule has 2 heterocycles. The first-order valence-electron chi connectivity index (χ1n) is 7.59. The second-order valence-electron chi connectivity index (χ2n) is 5.64. The zero-order valence-electron chi connectivity index (χ0n) is 12.6. The first-order valence-corrected chi connectivity index (χ1v) is 7.59. The van der Waals surface area contributed by atoms with Gasteiger partial charge < -0.3 is 10.2 Å². The summed E-state index contributed by atoms with van der Waals surface area (Å²) in [7, 11) is 1.83. The van der Waals surface area contributed by atoms with Crippen LogP contribution >= 0.6 is 0 Å².